The van der Waals surface area contributed by atoms with E-state index >= 15 is 0 Å². The largest absolute Gasteiger partial charge is 0.384 e. The van der Waals surface area contributed by atoms with E-state index in [0.717, 1.165) is 36.6 Å². The van der Waals surface area contributed by atoms with Gasteiger partial charge in [-0.05, 0) is 58.8 Å². The van der Waals surface area contributed by atoms with E-state index in [-0.39, 0.29) is 0 Å². The molecule has 0 saturated carbocycles. The summed E-state index contributed by atoms with van der Waals surface area (Å²) in [4.78, 5) is 6.88. The molecule has 0 radical (unpaired) electrons. The topological polar surface area (TPSA) is 52.0 Å². The van der Waals surface area contributed by atoms with Crippen molar-refractivity contribution >= 4 is 5.69 Å². The number of piperidine rings is 1. The minimum absolute atomic E-state index is 0.675. The summed E-state index contributed by atoms with van der Waals surface area (Å²) in [5.74, 6) is 0. The number of nitrogens with one attached hydrogen (secondary N) is 1. The molecule has 4 nitrogen and oxygen atoms in total. The van der Waals surface area contributed by atoms with Gasteiger partial charge in [0.05, 0.1) is 16.9 Å². The molecule has 20 heavy (non-hydrogen) atoms. The van der Waals surface area contributed by atoms with Crippen molar-refractivity contribution in [3.05, 3.63) is 23.0 Å². The van der Waals surface area contributed by atoms with Gasteiger partial charge in [-0.2, -0.15) is 5.26 Å². The van der Waals surface area contributed by atoms with Crippen LogP contribution in [0.5, 0.6) is 0 Å². The highest BCUT2D eigenvalue weighted by Crippen LogP contribution is 2.18. The van der Waals surface area contributed by atoms with Crippen LogP contribution in [0.15, 0.2) is 6.07 Å². The molecule has 4 heteroatoms. The quantitative estimate of drug-likeness (QED) is 0.837. The highest BCUT2D eigenvalue weighted by molar-refractivity contribution is 5.59. The number of anilines is 1. The number of likely N-dealkylation sites (tertiary alicyclic amines) is 1. The van der Waals surface area contributed by atoms with Gasteiger partial charge in [0.2, 0.25) is 0 Å². The van der Waals surface area contributed by atoms with Gasteiger partial charge in [0.25, 0.3) is 0 Å². The van der Waals surface area contributed by atoms with E-state index in [4.69, 9.17) is 0 Å². The van der Waals surface area contributed by atoms with E-state index in [0.29, 0.717) is 5.56 Å². The first-order chi connectivity index (χ1) is 9.70. The Kier molecular flexibility index (Phi) is 5.37. The van der Waals surface area contributed by atoms with Crippen molar-refractivity contribution < 1.29 is 0 Å². The number of nitriles is 1. The summed E-state index contributed by atoms with van der Waals surface area (Å²) in [7, 11) is 0. The molecular formula is C16H24N4. The molecule has 0 spiro atoms. The van der Waals surface area contributed by atoms with Crippen LogP contribution in [-0.2, 0) is 0 Å². The molecule has 0 unspecified atom stereocenters. The van der Waals surface area contributed by atoms with Crippen LogP contribution >= 0.6 is 0 Å². The van der Waals surface area contributed by atoms with Gasteiger partial charge in [-0.3, -0.25) is 4.98 Å². The lowest BCUT2D eigenvalue weighted by Crippen LogP contribution is -2.31. The van der Waals surface area contributed by atoms with Crippen LogP contribution in [0.4, 0.5) is 5.69 Å². The average molecular weight is 272 g/mol. The lowest BCUT2D eigenvalue weighted by molar-refractivity contribution is 0.228. The van der Waals surface area contributed by atoms with Crippen LogP contribution in [0.1, 0.15) is 42.6 Å². The summed E-state index contributed by atoms with van der Waals surface area (Å²) in [5, 5.41) is 12.6. The third-order valence-corrected chi connectivity index (χ3v) is 3.86. The zero-order chi connectivity index (χ0) is 14.4. The number of rotatable bonds is 5. The molecule has 0 aliphatic carbocycles. The molecule has 1 aliphatic rings. The average Bonchev–Trinajstić information content (AvgIpc) is 2.44. The maximum absolute atomic E-state index is 9.21. The number of nitrogens with zero attached hydrogens (tertiary/aromatic N) is 3. The van der Waals surface area contributed by atoms with E-state index in [1.54, 1.807) is 0 Å². The van der Waals surface area contributed by atoms with E-state index in [1.807, 2.05) is 19.9 Å². The summed E-state index contributed by atoms with van der Waals surface area (Å²) in [5.41, 5.74) is 3.37. The second-order valence-electron chi connectivity index (χ2n) is 5.57. The van der Waals surface area contributed by atoms with Crippen molar-refractivity contribution in [1.29, 1.82) is 5.26 Å². The van der Waals surface area contributed by atoms with Gasteiger partial charge in [-0.1, -0.05) is 6.42 Å². The number of aryl methyl sites for hydroxylation is 2. The monoisotopic (exact) mass is 272 g/mol. The molecule has 0 aromatic carbocycles. The Hall–Kier alpha value is -1.60. The van der Waals surface area contributed by atoms with Gasteiger partial charge in [-0.15, -0.1) is 0 Å². The van der Waals surface area contributed by atoms with Crippen molar-refractivity contribution in [1.82, 2.24) is 9.88 Å². The van der Waals surface area contributed by atoms with E-state index in [2.05, 4.69) is 21.3 Å². The maximum atomic E-state index is 9.21. The molecule has 2 heterocycles. The fraction of sp³-hybridized carbons (Fsp3) is 0.625. The summed E-state index contributed by atoms with van der Waals surface area (Å²) in [6, 6.07) is 4.21. The lowest BCUT2D eigenvalue weighted by atomic mass is 10.1. The van der Waals surface area contributed by atoms with Crippen LogP contribution in [0.2, 0.25) is 0 Å². The first-order valence-electron chi connectivity index (χ1n) is 7.55. The lowest BCUT2D eigenvalue weighted by Gasteiger charge is -2.26. The zero-order valence-electron chi connectivity index (χ0n) is 12.6. The van der Waals surface area contributed by atoms with Crippen molar-refractivity contribution in [2.24, 2.45) is 0 Å². The predicted molar refractivity (Wildman–Crippen MR) is 81.8 cm³/mol. The van der Waals surface area contributed by atoms with Crippen LogP contribution in [-0.4, -0.2) is 36.1 Å². The van der Waals surface area contributed by atoms with Gasteiger partial charge in [-0.25, -0.2) is 0 Å². The van der Waals surface area contributed by atoms with Gasteiger partial charge < -0.3 is 10.2 Å². The molecule has 0 bridgehead atoms. The minimum Gasteiger partial charge on any atom is -0.384 e. The molecule has 0 atom stereocenters. The van der Waals surface area contributed by atoms with Crippen LogP contribution < -0.4 is 5.32 Å². The van der Waals surface area contributed by atoms with Gasteiger partial charge in [0, 0.05) is 12.2 Å². The van der Waals surface area contributed by atoms with Crippen molar-refractivity contribution in [2.45, 2.75) is 39.5 Å². The van der Waals surface area contributed by atoms with Crippen LogP contribution in [0.3, 0.4) is 0 Å². The molecular weight excluding hydrogens is 248 g/mol. The Morgan fingerprint density at radius 3 is 2.75 bits per heavy atom. The summed E-state index contributed by atoms with van der Waals surface area (Å²) in [6.07, 6.45) is 5.19. The smallest absolute Gasteiger partial charge is 0.103 e. The Morgan fingerprint density at radius 1 is 1.30 bits per heavy atom. The highest BCUT2D eigenvalue weighted by Gasteiger charge is 2.10. The Balaban J connectivity index is 1.83. The molecule has 1 saturated heterocycles. The minimum atomic E-state index is 0.675. The van der Waals surface area contributed by atoms with Gasteiger partial charge in [0.15, 0.2) is 0 Å². The molecule has 1 aromatic rings. The molecule has 1 fully saturated rings. The van der Waals surface area contributed by atoms with Crippen molar-refractivity contribution in [2.75, 3.05) is 31.5 Å². The number of hydrogen-bond donors (Lipinski definition) is 1. The molecule has 1 N–H and O–H groups in total. The summed E-state index contributed by atoms with van der Waals surface area (Å²) >= 11 is 0. The molecule has 1 aromatic heterocycles. The summed E-state index contributed by atoms with van der Waals surface area (Å²) < 4.78 is 0. The third kappa shape index (κ3) is 3.94. The predicted octanol–water partition coefficient (Wildman–Crippen LogP) is 2.86. The normalized spacial score (nSPS) is 15.8. The van der Waals surface area contributed by atoms with Crippen LogP contribution in [0.25, 0.3) is 0 Å². The standard InChI is InChI=1S/C16H24N4/c1-13-11-16(15(12-17)14(2)19-13)18-7-6-10-20-8-4-3-5-9-20/h11H,3-10H2,1-2H3,(H,18,19). The summed E-state index contributed by atoms with van der Waals surface area (Å²) in [6.45, 7) is 8.41. The molecule has 108 valence electrons. The van der Waals surface area contributed by atoms with Crippen molar-refractivity contribution in [3.8, 4) is 6.07 Å². The van der Waals surface area contributed by atoms with E-state index in [1.165, 1.54) is 32.4 Å². The highest BCUT2D eigenvalue weighted by atomic mass is 15.1. The van der Waals surface area contributed by atoms with Gasteiger partial charge in [0.1, 0.15) is 6.07 Å². The Labute approximate surface area is 121 Å². The number of aromatic nitrogens is 1. The van der Waals surface area contributed by atoms with Crippen molar-refractivity contribution in [3.63, 3.8) is 0 Å². The van der Waals surface area contributed by atoms with E-state index in [9.17, 15) is 5.26 Å². The molecule has 1 aliphatic heterocycles. The molecule has 2 rings (SSSR count). The van der Waals surface area contributed by atoms with E-state index < -0.39 is 0 Å². The zero-order valence-corrected chi connectivity index (χ0v) is 12.6. The van der Waals surface area contributed by atoms with Gasteiger partial charge >= 0.3 is 0 Å². The maximum Gasteiger partial charge on any atom is 0.103 e. The second kappa shape index (κ2) is 7.25. The Bertz CT molecular complexity index is 484. The molecule has 0 amide bonds. The fourth-order valence-electron chi connectivity index (χ4n) is 2.82. The number of pyridine rings is 1. The SMILES string of the molecule is Cc1cc(NCCCN2CCCCC2)c(C#N)c(C)n1. The first-order valence-corrected chi connectivity index (χ1v) is 7.55. The first kappa shape index (κ1) is 14.8. The van der Waals surface area contributed by atoms with Crippen LogP contribution in [0, 0.1) is 25.2 Å². The second-order valence-corrected chi connectivity index (χ2v) is 5.57. The number of hydrogen-bond acceptors (Lipinski definition) is 4. The Morgan fingerprint density at radius 2 is 2.05 bits per heavy atom. The third-order valence-electron chi connectivity index (χ3n) is 3.86. The fourth-order valence-corrected chi connectivity index (χ4v) is 2.82.